The minimum atomic E-state index is 0.00931. The number of fused-ring (bicyclic) bond motifs is 2. The van der Waals surface area contributed by atoms with E-state index in [0.29, 0.717) is 12.2 Å². The standard InChI is InChI=1S/C21H21N3O3/c1-3-20(26)23-17-6-4-5-14-15(10-22-11-16(14)17)13-7-8-18-19(9-13)27-21(12-25)24(18)2/h7-11,17H,3-6H2,1-2H3,(H,23,26)/t17-/m1/s1. The van der Waals surface area contributed by atoms with Gasteiger partial charge in [-0.15, -0.1) is 0 Å². The summed E-state index contributed by atoms with van der Waals surface area (Å²) in [6.45, 7) is 1.86. The van der Waals surface area contributed by atoms with E-state index in [0.717, 1.165) is 41.6 Å². The van der Waals surface area contributed by atoms with Crippen molar-refractivity contribution in [2.75, 3.05) is 11.9 Å². The third kappa shape index (κ3) is 2.98. The maximum Gasteiger partial charge on any atom is 0.287 e. The lowest BCUT2D eigenvalue weighted by Gasteiger charge is -2.27. The molecule has 0 radical (unpaired) electrons. The topological polar surface area (TPSA) is 71.5 Å². The molecule has 1 aromatic heterocycles. The van der Waals surface area contributed by atoms with Crippen molar-refractivity contribution in [2.24, 2.45) is 0 Å². The van der Waals surface area contributed by atoms with Crippen LogP contribution in [0.2, 0.25) is 0 Å². The van der Waals surface area contributed by atoms with Crippen molar-refractivity contribution in [3.05, 3.63) is 47.6 Å². The molecule has 0 saturated carbocycles. The fourth-order valence-corrected chi connectivity index (χ4v) is 3.83. The van der Waals surface area contributed by atoms with Crippen molar-refractivity contribution in [1.82, 2.24) is 10.3 Å². The number of rotatable bonds is 3. The number of pyridine rings is 1. The van der Waals surface area contributed by atoms with Crippen LogP contribution in [-0.2, 0) is 16.0 Å². The first-order valence-corrected chi connectivity index (χ1v) is 9.19. The molecule has 6 nitrogen and oxygen atoms in total. The molecule has 4 rings (SSSR count). The maximum absolute atomic E-state index is 11.9. The number of benzene rings is 1. The molecule has 2 aliphatic rings. The highest BCUT2D eigenvalue weighted by Gasteiger charge is 2.27. The van der Waals surface area contributed by atoms with Gasteiger partial charge in [-0.05, 0) is 48.1 Å². The monoisotopic (exact) mass is 363 g/mol. The van der Waals surface area contributed by atoms with Gasteiger partial charge in [0.05, 0.1) is 11.7 Å². The molecule has 6 heteroatoms. The molecular weight excluding hydrogens is 342 g/mol. The van der Waals surface area contributed by atoms with Crippen LogP contribution in [0.5, 0.6) is 5.75 Å². The van der Waals surface area contributed by atoms with Crippen LogP contribution < -0.4 is 15.0 Å². The maximum atomic E-state index is 11.9. The fraction of sp³-hybridized carbons (Fsp3) is 0.333. The van der Waals surface area contributed by atoms with Crippen molar-refractivity contribution in [2.45, 2.75) is 38.6 Å². The van der Waals surface area contributed by atoms with Gasteiger partial charge in [-0.3, -0.25) is 9.78 Å². The van der Waals surface area contributed by atoms with Gasteiger partial charge in [-0.25, -0.2) is 4.79 Å². The Kier molecular flexibility index (Phi) is 4.42. The van der Waals surface area contributed by atoms with E-state index in [1.165, 1.54) is 5.56 Å². The number of ether oxygens (including phenoxy) is 1. The number of hydrogen-bond donors (Lipinski definition) is 1. The largest absolute Gasteiger partial charge is 0.429 e. The smallest absolute Gasteiger partial charge is 0.287 e. The Balaban J connectivity index is 1.74. The second kappa shape index (κ2) is 6.89. The average Bonchev–Trinajstić information content (AvgIpc) is 3.03. The van der Waals surface area contributed by atoms with Crippen LogP contribution in [0.1, 0.15) is 43.4 Å². The van der Waals surface area contributed by atoms with Gasteiger partial charge in [0.2, 0.25) is 5.91 Å². The normalized spacial score (nSPS) is 17.6. The molecule has 1 N–H and O–H groups in total. The Hall–Kier alpha value is -3.11. The lowest BCUT2D eigenvalue weighted by Crippen LogP contribution is -2.30. The highest BCUT2D eigenvalue weighted by atomic mass is 16.5. The number of nitrogens with one attached hydrogen (secondary N) is 1. The molecule has 0 saturated heterocycles. The molecule has 138 valence electrons. The third-order valence-electron chi connectivity index (χ3n) is 5.27. The fourth-order valence-electron chi connectivity index (χ4n) is 3.83. The molecule has 1 amide bonds. The number of carbonyl (C=O) groups excluding carboxylic acids is 2. The third-order valence-corrected chi connectivity index (χ3v) is 5.27. The second-order valence-corrected chi connectivity index (χ2v) is 6.87. The van der Waals surface area contributed by atoms with Crippen molar-refractivity contribution >= 4 is 17.5 Å². The van der Waals surface area contributed by atoms with Gasteiger partial charge in [-0.1, -0.05) is 13.0 Å². The van der Waals surface area contributed by atoms with Gasteiger partial charge in [0.25, 0.3) is 5.88 Å². The van der Waals surface area contributed by atoms with Crippen LogP contribution in [0.3, 0.4) is 0 Å². The van der Waals surface area contributed by atoms with Gasteiger partial charge >= 0.3 is 0 Å². The first-order chi connectivity index (χ1) is 13.1. The van der Waals surface area contributed by atoms with Crippen molar-refractivity contribution in [3.8, 4) is 16.9 Å². The van der Waals surface area contributed by atoms with E-state index in [1.54, 1.807) is 11.9 Å². The Labute approximate surface area is 157 Å². The number of amides is 1. The zero-order chi connectivity index (χ0) is 19.0. The number of carbonyl (C=O) groups is 1. The van der Waals surface area contributed by atoms with Gasteiger partial charge in [0.15, 0.2) is 11.7 Å². The minimum Gasteiger partial charge on any atom is -0.429 e. The number of aromatic nitrogens is 1. The predicted molar refractivity (Wildman–Crippen MR) is 102 cm³/mol. The summed E-state index contributed by atoms with van der Waals surface area (Å²) in [4.78, 5) is 29.0. The van der Waals surface area contributed by atoms with Crippen molar-refractivity contribution in [1.29, 1.82) is 0 Å². The van der Waals surface area contributed by atoms with Crippen LogP contribution in [0.15, 0.2) is 36.5 Å². The number of nitrogens with zero attached hydrogens (tertiary/aromatic N) is 2. The van der Waals surface area contributed by atoms with Crippen molar-refractivity contribution < 1.29 is 14.3 Å². The molecule has 1 aliphatic carbocycles. The summed E-state index contributed by atoms with van der Waals surface area (Å²) in [6.07, 6.45) is 7.09. The molecule has 0 unspecified atom stereocenters. The molecule has 0 bridgehead atoms. The van der Waals surface area contributed by atoms with E-state index in [9.17, 15) is 9.59 Å². The van der Waals surface area contributed by atoms with E-state index in [4.69, 9.17) is 4.74 Å². The highest BCUT2D eigenvalue weighted by molar-refractivity contribution is 5.79. The summed E-state index contributed by atoms with van der Waals surface area (Å²) in [5.41, 5.74) is 5.17. The van der Waals surface area contributed by atoms with Gasteiger partial charge in [-0.2, -0.15) is 0 Å². The van der Waals surface area contributed by atoms with Crippen LogP contribution in [0, 0.1) is 0 Å². The molecule has 27 heavy (non-hydrogen) atoms. The number of anilines is 1. The van der Waals surface area contributed by atoms with Gasteiger partial charge in [0.1, 0.15) is 0 Å². The SMILES string of the molecule is CCC(=O)N[C@@H]1CCCc2c(-c3ccc4c(c3)OC(=C=O)N4C)cncc21. The first kappa shape index (κ1) is 17.3. The van der Waals surface area contributed by atoms with Gasteiger partial charge in [0, 0.05) is 31.4 Å². The summed E-state index contributed by atoms with van der Waals surface area (Å²) in [7, 11) is 1.78. The van der Waals surface area contributed by atoms with E-state index < -0.39 is 0 Å². The molecule has 2 aromatic rings. The van der Waals surface area contributed by atoms with Crippen LogP contribution in [0.4, 0.5) is 5.69 Å². The number of hydrogen-bond acceptors (Lipinski definition) is 5. The van der Waals surface area contributed by atoms with E-state index in [1.807, 2.05) is 43.5 Å². The zero-order valence-corrected chi connectivity index (χ0v) is 15.4. The van der Waals surface area contributed by atoms with E-state index in [-0.39, 0.29) is 17.8 Å². The zero-order valence-electron chi connectivity index (χ0n) is 15.4. The molecule has 1 aromatic carbocycles. The van der Waals surface area contributed by atoms with Gasteiger partial charge < -0.3 is 15.0 Å². The Morgan fingerprint density at radius 3 is 3.04 bits per heavy atom. The Morgan fingerprint density at radius 1 is 1.41 bits per heavy atom. The lowest BCUT2D eigenvalue weighted by molar-refractivity contribution is -0.121. The summed E-state index contributed by atoms with van der Waals surface area (Å²) < 4.78 is 5.60. The summed E-state index contributed by atoms with van der Waals surface area (Å²) >= 11 is 0. The Bertz CT molecular complexity index is 963. The molecular formula is C21H21N3O3. The molecule has 2 heterocycles. The summed E-state index contributed by atoms with van der Waals surface area (Å²) in [5.74, 6) is 2.67. The summed E-state index contributed by atoms with van der Waals surface area (Å²) in [5, 5.41) is 3.11. The minimum absolute atomic E-state index is 0.00931. The second-order valence-electron chi connectivity index (χ2n) is 6.87. The van der Waals surface area contributed by atoms with Crippen LogP contribution in [-0.4, -0.2) is 23.9 Å². The van der Waals surface area contributed by atoms with E-state index >= 15 is 0 Å². The first-order valence-electron chi connectivity index (χ1n) is 9.19. The lowest BCUT2D eigenvalue weighted by atomic mass is 9.84. The highest BCUT2D eigenvalue weighted by Crippen LogP contribution is 2.42. The summed E-state index contributed by atoms with van der Waals surface area (Å²) in [6, 6.07) is 5.89. The Morgan fingerprint density at radius 2 is 2.26 bits per heavy atom. The van der Waals surface area contributed by atoms with Crippen LogP contribution in [0.25, 0.3) is 11.1 Å². The molecule has 0 fully saturated rings. The predicted octanol–water partition coefficient (Wildman–Crippen LogP) is 3.15. The molecule has 1 aliphatic heterocycles. The average molecular weight is 363 g/mol. The van der Waals surface area contributed by atoms with E-state index in [2.05, 4.69) is 10.3 Å². The van der Waals surface area contributed by atoms with Crippen LogP contribution >= 0.6 is 0 Å². The van der Waals surface area contributed by atoms with Crippen molar-refractivity contribution in [3.63, 3.8) is 0 Å². The molecule has 1 atom stereocenters. The molecule has 0 spiro atoms. The quantitative estimate of drug-likeness (QED) is 0.848.